The predicted molar refractivity (Wildman–Crippen MR) is 129 cm³/mol. The maximum Gasteiger partial charge on any atom is 0.312 e. The zero-order valence-electron chi connectivity index (χ0n) is 17.5. The van der Waals surface area contributed by atoms with Crippen LogP contribution in [0.4, 0.5) is 0 Å². The van der Waals surface area contributed by atoms with E-state index in [0.29, 0.717) is 11.7 Å². The van der Waals surface area contributed by atoms with Gasteiger partial charge in [0, 0.05) is 0 Å². The molecule has 3 nitrogen and oxygen atoms in total. The average Bonchev–Trinajstić information content (AvgIpc) is 3.05. The molecule has 1 aromatic rings. The van der Waals surface area contributed by atoms with E-state index in [9.17, 15) is 9.90 Å². The number of phenolic OH excluding ortho intramolecular Hbond substituents is 1. The van der Waals surface area contributed by atoms with Gasteiger partial charge in [0.05, 0.1) is 12.6 Å². The number of hydrogen-bond donors (Lipinski definition) is 1. The number of aromatic hydroxyl groups is 1. The SMILES string of the molecule is CCC(C)(C)C(=O)OC1(C)CCCC1.CCC(C)c1cc(I)c(O)c(I)c1. The van der Waals surface area contributed by atoms with Crippen LogP contribution in [0.15, 0.2) is 12.1 Å². The van der Waals surface area contributed by atoms with Crippen LogP contribution < -0.4 is 0 Å². The van der Waals surface area contributed by atoms with Crippen LogP contribution in [0.1, 0.15) is 91.5 Å². The summed E-state index contributed by atoms with van der Waals surface area (Å²) < 4.78 is 7.50. The minimum Gasteiger partial charge on any atom is -0.506 e. The molecule has 0 aromatic heterocycles. The molecule has 1 saturated carbocycles. The highest BCUT2D eigenvalue weighted by atomic mass is 127. The Bertz CT molecular complexity index is 611. The van der Waals surface area contributed by atoms with Crippen LogP contribution in [0, 0.1) is 12.6 Å². The Kier molecular flexibility index (Phi) is 9.85. The molecule has 0 heterocycles. The fourth-order valence-corrected chi connectivity index (χ4v) is 4.65. The number of phenols is 1. The first-order chi connectivity index (χ1) is 12.5. The highest BCUT2D eigenvalue weighted by molar-refractivity contribution is 14.1. The lowest BCUT2D eigenvalue weighted by Crippen LogP contribution is -2.35. The van der Waals surface area contributed by atoms with Crippen LogP contribution in [0.25, 0.3) is 0 Å². The van der Waals surface area contributed by atoms with E-state index in [1.54, 1.807) is 0 Å². The van der Waals surface area contributed by atoms with E-state index in [1.165, 1.54) is 18.4 Å². The Morgan fingerprint density at radius 2 is 1.70 bits per heavy atom. The molecule has 2 rings (SSSR count). The largest absolute Gasteiger partial charge is 0.506 e. The lowest BCUT2D eigenvalue weighted by atomic mass is 9.90. The molecule has 0 amide bonds. The summed E-state index contributed by atoms with van der Waals surface area (Å²) in [6, 6.07) is 4.12. The fourth-order valence-electron chi connectivity index (χ4n) is 2.84. The van der Waals surface area contributed by atoms with Crippen molar-refractivity contribution in [3.05, 3.63) is 24.8 Å². The first kappa shape index (κ1) is 25.0. The number of carbonyl (C=O) groups is 1. The van der Waals surface area contributed by atoms with E-state index in [0.717, 1.165) is 32.8 Å². The molecule has 0 bridgehead atoms. The van der Waals surface area contributed by atoms with E-state index in [1.807, 2.05) is 20.8 Å². The first-order valence-corrected chi connectivity index (χ1v) is 12.0. The van der Waals surface area contributed by atoms with Gasteiger partial charge in [-0.05, 0) is 128 Å². The summed E-state index contributed by atoms with van der Waals surface area (Å²) in [7, 11) is 0. The van der Waals surface area contributed by atoms with Crippen LogP contribution >= 0.6 is 45.2 Å². The van der Waals surface area contributed by atoms with E-state index in [2.05, 4.69) is 78.1 Å². The molecule has 1 fully saturated rings. The van der Waals surface area contributed by atoms with Crippen molar-refractivity contribution in [2.75, 3.05) is 0 Å². The van der Waals surface area contributed by atoms with Crippen LogP contribution in [-0.2, 0) is 9.53 Å². The summed E-state index contributed by atoms with van der Waals surface area (Å²) >= 11 is 4.34. The second kappa shape index (κ2) is 10.6. The molecule has 1 aliphatic rings. The molecular formula is C22H34I2O3. The number of carbonyl (C=O) groups excluding carboxylic acids is 1. The van der Waals surface area contributed by atoms with Gasteiger partial charge in [-0.3, -0.25) is 4.79 Å². The summed E-state index contributed by atoms with van der Waals surface area (Å²) in [5, 5.41) is 9.57. The number of halogens is 2. The standard InChI is InChI=1S/C12H22O2.C10H12I2O/c1-5-11(2,3)10(13)14-12(4)8-6-7-9-12;1-3-6(2)7-4-8(11)10(13)9(12)5-7/h5-9H2,1-4H3;4-6,13H,3H2,1-2H3. The van der Waals surface area contributed by atoms with Gasteiger partial charge >= 0.3 is 5.97 Å². The first-order valence-electron chi connectivity index (χ1n) is 9.87. The van der Waals surface area contributed by atoms with Gasteiger partial charge in [-0.2, -0.15) is 0 Å². The molecule has 1 unspecified atom stereocenters. The predicted octanol–water partition coefficient (Wildman–Crippen LogP) is 7.41. The minimum absolute atomic E-state index is 0.0376. The number of ether oxygens (including phenoxy) is 1. The van der Waals surface area contributed by atoms with Gasteiger partial charge in [0.2, 0.25) is 0 Å². The summed E-state index contributed by atoms with van der Waals surface area (Å²) in [5.41, 5.74) is 0.809. The summed E-state index contributed by atoms with van der Waals surface area (Å²) in [4.78, 5) is 11.8. The Hall–Kier alpha value is -0.0500. The van der Waals surface area contributed by atoms with Crippen molar-refractivity contribution >= 4 is 51.2 Å². The van der Waals surface area contributed by atoms with Crippen LogP contribution in [0.2, 0.25) is 0 Å². The van der Waals surface area contributed by atoms with Gasteiger partial charge in [-0.25, -0.2) is 0 Å². The topological polar surface area (TPSA) is 46.5 Å². The maximum absolute atomic E-state index is 11.8. The van der Waals surface area contributed by atoms with Gasteiger partial charge in [-0.15, -0.1) is 0 Å². The van der Waals surface area contributed by atoms with Gasteiger partial charge in [0.15, 0.2) is 0 Å². The van der Waals surface area contributed by atoms with E-state index in [4.69, 9.17) is 4.74 Å². The normalized spacial score (nSPS) is 17.0. The van der Waals surface area contributed by atoms with E-state index >= 15 is 0 Å². The lowest BCUT2D eigenvalue weighted by Gasteiger charge is -2.29. The van der Waals surface area contributed by atoms with E-state index < -0.39 is 0 Å². The van der Waals surface area contributed by atoms with Crippen molar-refractivity contribution in [2.24, 2.45) is 5.41 Å². The molecule has 0 aliphatic heterocycles. The quantitative estimate of drug-likeness (QED) is 0.283. The van der Waals surface area contributed by atoms with Crippen molar-refractivity contribution in [2.45, 2.75) is 91.6 Å². The zero-order valence-corrected chi connectivity index (χ0v) is 21.8. The summed E-state index contributed by atoms with van der Waals surface area (Å²) in [6.07, 6.45) is 6.41. The monoisotopic (exact) mass is 600 g/mol. The number of benzene rings is 1. The smallest absolute Gasteiger partial charge is 0.312 e. The molecule has 1 aromatic carbocycles. The molecule has 0 radical (unpaired) electrons. The van der Waals surface area contributed by atoms with Gasteiger partial charge in [0.25, 0.3) is 0 Å². The summed E-state index contributed by atoms with van der Waals surface area (Å²) in [5.74, 6) is 0.945. The van der Waals surface area contributed by atoms with Crippen LogP contribution in [0.3, 0.4) is 0 Å². The zero-order chi connectivity index (χ0) is 20.8. The Balaban J connectivity index is 0.000000271. The molecule has 5 heteroatoms. The van der Waals surface area contributed by atoms with Crippen molar-refractivity contribution in [3.63, 3.8) is 0 Å². The molecule has 0 spiro atoms. The van der Waals surface area contributed by atoms with Crippen LogP contribution in [0.5, 0.6) is 5.75 Å². The highest BCUT2D eigenvalue weighted by Crippen LogP contribution is 2.35. The van der Waals surface area contributed by atoms with Crippen LogP contribution in [-0.4, -0.2) is 16.7 Å². The molecular weight excluding hydrogens is 566 g/mol. The van der Waals surface area contributed by atoms with Crippen molar-refractivity contribution in [3.8, 4) is 5.75 Å². The van der Waals surface area contributed by atoms with Crippen molar-refractivity contribution in [1.82, 2.24) is 0 Å². The Morgan fingerprint density at radius 3 is 2.11 bits per heavy atom. The van der Waals surface area contributed by atoms with E-state index in [-0.39, 0.29) is 17.0 Å². The Morgan fingerprint density at radius 1 is 1.22 bits per heavy atom. The second-order valence-electron chi connectivity index (χ2n) is 8.43. The fraction of sp³-hybridized carbons (Fsp3) is 0.682. The van der Waals surface area contributed by atoms with Gasteiger partial charge in [0.1, 0.15) is 11.4 Å². The number of hydrogen-bond acceptors (Lipinski definition) is 3. The van der Waals surface area contributed by atoms with Crippen molar-refractivity contribution < 1.29 is 14.6 Å². The molecule has 1 aliphatic carbocycles. The molecule has 0 saturated heterocycles. The Labute approximate surface area is 192 Å². The third kappa shape index (κ3) is 7.37. The third-order valence-corrected chi connectivity index (χ3v) is 7.30. The summed E-state index contributed by atoms with van der Waals surface area (Å²) in [6.45, 7) is 12.4. The van der Waals surface area contributed by atoms with Gasteiger partial charge < -0.3 is 9.84 Å². The highest BCUT2D eigenvalue weighted by Gasteiger charge is 2.37. The maximum atomic E-state index is 11.8. The minimum atomic E-state index is -0.328. The molecule has 1 atom stereocenters. The average molecular weight is 600 g/mol. The van der Waals surface area contributed by atoms with Gasteiger partial charge in [-0.1, -0.05) is 20.8 Å². The molecule has 1 N–H and O–H groups in total. The third-order valence-electron chi connectivity index (χ3n) is 5.66. The molecule has 154 valence electrons. The lowest BCUT2D eigenvalue weighted by molar-refractivity contribution is -0.168. The number of esters is 1. The second-order valence-corrected chi connectivity index (χ2v) is 10.8. The van der Waals surface area contributed by atoms with Crippen molar-refractivity contribution in [1.29, 1.82) is 0 Å². The molecule has 27 heavy (non-hydrogen) atoms. The number of rotatable bonds is 5.